The molecule has 2 heterocycles. The summed E-state index contributed by atoms with van der Waals surface area (Å²) in [4.78, 5) is 12.3. The zero-order chi connectivity index (χ0) is 14.1. The third-order valence-corrected chi connectivity index (χ3v) is 6.74. The van der Waals surface area contributed by atoms with E-state index >= 15 is 0 Å². The normalized spacial score (nSPS) is 32.2. The minimum atomic E-state index is -0.701. The molecule has 3 rings (SSSR count). The molecular formula is C16H19FO2S. The predicted octanol–water partition coefficient (Wildman–Crippen LogP) is 3.02. The van der Waals surface area contributed by atoms with E-state index < -0.39 is 10.8 Å². The highest BCUT2D eigenvalue weighted by Gasteiger charge is 2.42. The van der Waals surface area contributed by atoms with Gasteiger partial charge in [-0.1, -0.05) is 12.1 Å². The summed E-state index contributed by atoms with van der Waals surface area (Å²) in [6.07, 6.45) is 4.71. The lowest BCUT2D eigenvalue weighted by molar-refractivity contribution is -0.123. The summed E-state index contributed by atoms with van der Waals surface area (Å²) in [5.41, 5.74) is 0.876. The number of rotatable bonds is 4. The molecule has 2 aliphatic rings. The summed E-state index contributed by atoms with van der Waals surface area (Å²) in [5, 5.41) is 0.494. The Hall–Kier alpha value is -1.03. The molecule has 2 fully saturated rings. The van der Waals surface area contributed by atoms with Gasteiger partial charge in [0.15, 0.2) is 0 Å². The first kappa shape index (κ1) is 13.9. The molecular weight excluding hydrogens is 275 g/mol. The van der Waals surface area contributed by atoms with Crippen LogP contribution >= 0.6 is 0 Å². The SMILES string of the molecule is O=C(CCc1cccc(F)c1)C1CC2CCC(C1)S2=O. The Balaban J connectivity index is 1.56. The highest BCUT2D eigenvalue weighted by Crippen LogP contribution is 2.39. The molecule has 2 nitrogen and oxygen atoms in total. The second kappa shape index (κ2) is 5.76. The first-order chi connectivity index (χ1) is 9.63. The van der Waals surface area contributed by atoms with Crippen LogP contribution < -0.4 is 0 Å². The number of Topliss-reactive ketones (excluding diaryl/α,β-unsaturated/α-hetero) is 1. The van der Waals surface area contributed by atoms with E-state index in [9.17, 15) is 13.4 Å². The fourth-order valence-corrected chi connectivity index (χ4v) is 5.58. The summed E-state index contributed by atoms with van der Waals surface area (Å²) in [5.74, 6) is 0.0997. The van der Waals surface area contributed by atoms with Crippen molar-refractivity contribution in [3.8, 4) is 0 Å². The standard InChI is InChI=1S/C16H19FO2S/c17-13-3-1-2-11(8-13)4-7-16(18)12-9-14-5-6-15(10-12)20(14)19/h1-3,8,12,14-15H,4-7,9-10H2. The van der Waals surface area contributed by atoms with Crippen LogP contribution in [0.25, 0.3) is 0 Å². The molecule has 0 saturated carbocycles. The fourth-order valence-electron chi connectivity index (χ4n) is 3.46. The predicted molar refractivity (Wildman–Crippen MR) is 77.4 cm³/mol. The number of carbonyl (C=O) groups excluding carboxylic acids is 1. The zero-order valence-electron chi connectivity index (χ0n) is 11.4. The van der Waals surface area contributed by atoms with Crippen molar-refractivity contribution >= 4 is 16.6 Å². The number of benzene rings is 1. The Morgan fingerprint density at radius 3 is 2.60 bits per heavy atom. The molecule has 1 aromatic carbocycles. The Morgan fingerprint density at radius 1 is 1.25 bits per heavy atom. The lowest BCUT2D eigenvalue weighted by atomic mass is 9.91. The number of hydrogen-bond acceptors (Lipinski definition) is 2. The van der Waals surface area contributed by atoms with Crippen molar-refractivity contribution in [1.82, 2.24) is 0 Å². The largest absolute Gasteiger partial charge is 0.299 e. The van der Waals surface area contributed by atoms with E-state index in [0.717, 1.165) is 31.2 Å². The van der Waals surface area contributed by atoms with Gasteiger partial charge >= 0.3 is 0 Å². The average Bonchev–Trinajstić information content (AvgIpc) is 2.66. The minimum Gasteiger partial charge on any atom is -0.299 e. The van der Waals surface area contributed by atoms with Crippen LogP contribution in [0, 0.1) is 11.7 Å². The summed E-state index contributed by atoms with van der Waals surface area (Å²) < 4.78 is 25.0. The molecule has 0 aliphatic carbocycles. The molecule has 108 valence electrons. The molecule has 2 unspecified atom stereocenters. The van der Waals surface area contributed by atoms with Crippen molar-refractivity contribution in [1.29, 1.82) is 0 Å². The van der Waals surface area contributed by atoms with Gasteiger partial charge in [0.1, 0.15) is 11.6 Å². The third-order valence-electron chi connectivity index (χ3n) is 4.57. The van der Waals surface area contributed by atoms with Gasteiger partial charge in [0, 0.05) is 33.6 Å². The molecule has 2 saturated heterocycles. The number of ketones is 1. The Morgan fingerprint density at radius 2 is 1.95 bits per heavy atom. The van der Waals surface area contributed by atoms with Crippen molar-refractivity contribution < 1.29 is 13.4 Å². The number of hydrogen-bond donors (Lipinski definition) is 0. The smallest absolute Gasteiger partial charge is 0.136 e. The maximum atomic E-state index is 13.1. The van der Waals surface area contributed by atoms with E-state index in [1.54, 1.807) is 6.07 Å². The quantitative estimate of drug-likeness (QED) is 0.855. The topological polar surface area (TPSA) is 34.1 Å². The van der Waals surface area contributed by atoms with Gasteiger partial charge in [-0.05, 0) is 49.8 Å². The van der Waals surface area contributed by atoms with Gasteiger partial charge in [-0.25, -0.2) is 4.39 Å². The molecule has 0 amide bonds. The molecule has 2 bridgehead atoms. The van der Waals surface area contributed by atoms with Crippen LogP contribution in [0.5, 0.6) is 0 Å². The molecule has 20 heavy (non-hydrogen) atoms. The van der Waals surface area contributed by atoms with Gasteiger partial charge in [0.25, 0.3) is 0 Å². The summed E-state index contributed by atoms with van der Waals surface area (Å²) >= 11 is 0. The molecule has 2 aliphatic heterocycles. The van der Waals surface area contributed by atoms with E-state index in [4.69, 9.17) is 0 Å². The van der Waals surface area contributed by atoms with Gasteiger partial charge in [-0.2, -0.15) is 0 Å². The van der Waals surface area contributed by atoms with Gasteiger partial charge in [0.2, 0.25) is 0 Å². The summed E-state index contributed by atoms with van der Waals surface area (Å²) in [6.45, 7) is 0. The van der Waals surface area contributed by atoms with Gasteiger partial charge in [-0.3, -0.25) is 9.00 Å². The lowest BCUT2D eigenvalue weighted by Gasteiger charge is -2.26. The Labute approximate surface area is 121 Å². The van der Waals surface area contributed by atoms with E-state index in [0.29, 0.717) is 12.8 Å². The molecule has 1 aromatic rings. The number of aryl methyl sites for hydroxylation is 1. The van der Waals surface area contributed by atoms with Crippen LogP contribution in [0.1, 0.15) is 37.7 Å². The van der Waals surface area contributed by atoms with Crippen LogP contribution in [-0.2, 0) is 22.0 Å². The monoisotopic (exact) mass is 294 g/mol. The maximum absolute atomic E-state index is 13.1. The third kappa shape index (κ3) is 2.85. The molecule has 0 N–H and O–H groups in total. The highest BCUT2D eigenvalue weighted by molar-refractivity contribution is 7.86. The zero-order valence-corrected chi connectivity index (χ0v) is 12.2. The Bertz CT molecular complexity index is 527. The fraction of sp³-hybridized carbons (Fsp3) is 0.562. The van der Waals surface area contributed by atoms with Crippen molar-refractivity contribution in [2.45, 2.75) is 49.0 Å². The van der Waals surface area contributed by atoms with E-state index in [-0.39, 0.29) is 28.0 Å². The van der Waals surface area contributed by atoms with Crippen LogP contribution in [0.15, 0.2) is 24.3 Å². The Kier molecular flexibility index (Phi) is 4.01. The van der Waals surface area contributed by atoms with Gasteiger partial charge in [0.05, 0.1) is 0 Å². The van der Waals surface area contributed by atoms with Crippen LogP contribution in [0.4, 0.5) is 4.39 Å². The van der Waals surface area contributed by atoms with Gasteiger partial charge in [-0.15, -0.1) is 0 Å². The molecule has 2 atom stereocenters. The first-order valence-corrected chi connectivity index (χ1v) is 8.57. The second-order valence-electron chi connectivity index (χ2n) is 5.91. The molecule has 0 aromatic heterocycles. The first-order valence-electron chi connectivity index (χ1n) is 7.30. The molecule has 4 heteroatoms. The van der Waals surface area contributed by atoms with Crippen molar-refractivity contribution in [3.05, 3.63) is 35.6 Å². The van der Waals surface area contributed by atoms with E-state index in [1.165, 1.54) is 12.1 Å². The van der Waals surface area contributed by atoms with E-state index in [2.05, 4.69) is 0 Å². The molecule has 0 radical (unpaired) electrons. The van der Waals surface area contributed by atoms with E-state index in [1.807, 2.05) is 6.07 Å². The van der Waals surface area contributed by atoms with Gasteiger partial charge < -0.3 is 0 Å². The van der Waals surface area contributed by atoms with Crippen molar-refractivity contribution in [2.24, 2.45) is 5.92 Å². The minimum absolute atomic E-state index is 0.0822. The molecule has 0 spiro atoms. The van der Waals surface area contributed by atoms with Crippen molar-refractivity contribution in [2.75, 3.05) is 0 Å². The number of carbonyl (C=O) groups is 1. The summed E-state index contributed by atoms with van der Waals surface area (Å²) in [7, 11) is -0.701. The highest BCUT2D eigenvalue weighted by atomic mass is 32.2. The maximum Gasteiger partial charge on any atom is 0.136 e. The second-order valence-corrected chi connectivity index (χ2v) is 7.90. The summed E-state index contributed by atoms with van der Waals surface area (Å²) in [6, 6.07) is 6.45. The lowest BCUT2D eigenvalue weighted by Crippen LogP contribution is -2.32. The van der Waals surface area contributed by atoms with Crippen LogP contribution in [-0.4, -0.2) is 20.5 Å². The van der Waals surface area contributed by atoms with Crippen LogP contribution in [0.2, 0.25) is 0 Å². The average molecular weight is 294 g/mol. The number of halogens is 1. The number of fused-ring (bicyclic) bond motifs is 2. The van der Waals surface area contributed by atoms with Crippen molar-refractivity contribution in [3.63, 3.8) is 0 Å². The van der Waals surface area contributed by atoms with Crippen LogP contribution in [0.3, 0.4) is 0 Å².